The van der Waals surface area contributed by atoms with Crippen LogP contribution in [0.1, 0.15) is 10.4 Å². The van der Waals surface area contributed by atoms with Gasteiger partial charge in [-0.15, -0.1) is 11.3 Å². The maximum absolute atomic E-state index is 13.5. The number of imide groups is 1. The molecule has 126 valence electrons. The van der Waals surface area contributed by atoms with Crippen LogP contribution in [0.4, 0.5) is 18.7 Å². The van der Waals surface area contributed by atoms with Gasteiger partial charge in [0.1, 0.15) is 17.2 Å². The van der Waals surface area contributed by atoms with Crippen molar-refractivity contribution in [1.82, 2.24) is 10.3 Å². The molecule has 0 aliphatic carbocycles. The Morgan fingerprint density at radius 1 is 0.960 bits per heavy atom. The molecule has 0 fully saturated rings. The first-order valence-electron chi connectivity index (χ1n) is 7.12. The lowest BCUT2D eigenvalue weighted by molar-refractivity contribution is 0.0959. The number of thiazole rings is 1. The number of rotatable bonds is 3. The van der Waals surface area contributed by atoms with Crippen molar-refractivity contribution in [3.63, 3.8) is 0 Å². The molecule has 2 N–H and O–H groups in total. The first kappa shape index (κ1) is 16.7. The first-order valence-corrected chi connectivity index (χ1v) is 8.00. The number of nitrogens with zero attached hydrogens (tertiary/aromatic N) is 1. The summed E-state index contributed by atoms with van der Waals surface area (Å²) in [6, 6.07) is 11.4. The third-order valence-corrected chi connectivity index (χ3v) is 3.97. The van der Waals surface area contributed by atoms with E-state index in [0.29, 0.717) is 5.69 Å². The molecule has 3 amide bonds. The molecule has 2 aromatic carbocycles. The minimum Gasteiger partial charge on any atom is -0.283 e. The van der Waals surface area contributed by atoms with Crippen LogP contribution >= 0.6 is 11.3 Å². The molecule has 0 atom stereocenters. The predicted molar refractivity (Wildman–Crippen MR) is 90.4 cm³/mol. The highest BCUT2D eigenvalue weighted by Gasteiger charge is 2.19. The summed E-state index contributed by atoms with van der Waals surface area (Å²) < 4.78 is 27.1. The van der Waals surface area contributed by atoms with Gasteiger partial charge in [-0.1, -0.05) is 36.4 Å². The average molecular weight is 359 g/mol. The van der Waals surface area contributed by atoms with E-state index in [0.717, 1.165) is 35.1 Å². The van der Waals surface area contributed by atoms with Gasteiger partial charge in [-0.2, -0.15) is 0 Å². The third kappa shape index (κ3) is 3.86. The number of aromatic nitrogens is 1. The Balaban J connectivity index is 1.67. The molecule has 25 heavy (non-hydrogen) atoms. The van der Waals surface area contributed by atoms with Gasteiger partial charge in [0.2, 0.25) is 0 Å². The van der Waals surface area contributed by atoms with Gasteiger partial charge in [0.15, 0.2) is 5.13 Å². The Morgan fingerprint density at radius 3 is 2.32 bits per heavy atom. The number of carbonyl (C=O) groups excluding carboxylic acids is 2. The van der Waals surface area contributed by atoms with E-state index in [1.54, 1.807) is 5.38 Å². The molecule has 0 unspecified atom stereocenters. The van der Waals surface area contributed by atoms with Crippen LogP contribution in [0.3, 0.4) is 0 Å². The smallest absolute Gasteiger partial charge is 0.283 e. The lowest BCUT2D eigenvalue weighted by Crippen LogP contribution is -2.35. The number of nitrogens with one attached hydrogen (secondary N) is 2. The van der Waals surface area contributed by atoms with E-state index in [-0.39, 0.29) is 5.13 Å². The molecule has 0 saturated heterocycles. The van der Waals surface area contributed by atoms with Crippen molar-refractivity contribution >= 4 is 28.4 Å². The SMILES string of the molecule is O=C(NC(=O)c1c(F)cccc1F)Nc1nc(-c2ccccc2)cs1. The van der Waals surface area contributed by atoms with Gasteiger partial charge in [0.25, 0.3) is 5.91 Å². The second kappa shape index (κ2) is 7.18. The Kier molecular flexibility index (Phi) is 4.80. The van der Waals surface area contributed by atoms with E-state index in [1.807, 2.05) is 35.6 Å². The van der Waals surface area contributed by atoms with Crippen LogP contribution in [-0.4, -0.2) is 16.9 Å². The summed E-state index contributed by atoms with van der Waals surface area (Å²) in [7, 11) is 0. The van der Waals surface area contributed by atoms with Crippen LogP contribution in [0.15, 0.2) is 53.9 Å². The van der Waals surface area contributed by atoms with Gasteiger partial charge in [0.05, 0.1) is 5.69 Å². The number of carbonyl (C=O) groups is 2. The van der Waals surface area contributed by atoms with Gasteiger partial charge in [-0.3, -0.25) is 15.4 Å². The number of halogens is 2. The van der Waals surface area contributed by atoms with E-state index >= 15 is 0 Å². The summed E-state index contributed by atoms with van der Waals surface area (Å²) in [4.78, 5) is 27.9. The zero-order valence-electron chi connectivity index (χ0n) is 12.6. The minimum absolute atomic E-state index is 0.248. The van der Waals surface area contributed by atoms with Crippen LogP contribution < -0.4 is 10.6 Å². The number of urea groups is 1. The molecule has 0 saturated carbocycles. The van der Waals surface area contributed by atoms with Crippen molar-refractivity contribution in [2.45, 2.75) is 0 Å². The van der Waals surface area contributed by atoms with Crippen molar-refractivity contribution in [3.05, 3.63) is 71.1 Å². The van der Waals surface area contributed by atoms with Gasteiger partial charge < -0.3 is 0 Å². The summed E-state index contributed by atoms with van der Waals surface area (Å²) >= 11 is 1.16. The summed E-state index contributed by atoms with van der Waals surface area (Å²) in [6.07, 6.45) is 0. The monoisotopic (exact) mass is 359 g/mol. The quantitative estimate of drug-likeness (QED) is 0.741. The molecule has 0 spiro atoms. The van der Waals surface area contributed by atoms with Crippen LogP contribution in [0.5, 0.6) is 0 Å². The Morgan fingerprint density at radius 2 is 1.64 bits per heavy atom. The lowest BCUT2D eigenvalue weighted by Gasteiger charge is -2.06. The second-order valence-electron chi connectivity index (χ2n) is 4.91. The Hall–Kier alpha value is -3.13. The summed E-state index contributed by atoms with van der Waals surface area (Å²) in [6.45, 7) is 0. The van der Waals surface area contributed by atoms with Crippen LogP contribution in [0.25, 0.3) is 11.3 Å². The fourth-order valence-corrected chi connectivity index (χ4v) is 2.80. The van der Waals surface area contributed by atoms with Crippen LogP contribution in [0, 0.1) is 11.6 Å². The van der Waals surface area contributed by atoms with E-state index in [4.69, 9.17) is 0 Å². The van der Waals surface area contributed by atoms with Crippen molar-refractivity contribution in [3.8, 4) is 11.3 Å². The zero-order chi connectivity index (χ0) is 17.8. The molecule has 5 nitrogen and oxygen atoms in total. The van der Waals surface area contributed by atoms with E-state index < -0.39 is 29.1 Å². The van der Waals surface area contributed by atoms with E-state index in [9.17, 15) is 18.4 Å². The molecule has 0 radical (unpaired) electrons. The van der Waals surface area contributed by atoms with E-state index in [1.165, 1.54) is 0 Å². The van der Waals surface area contributed by atoms with Crippen molar-refractivity contribution < 1.29 is 18.4 Å². The molecule has 0 aliphatic rings. The molecule has 3 rings (SSSR count). The standard InChI is InChI=1S/C17H11F2N3O2S/c18-11-7-4-8-12(19)14(11)15(23)21-16(24)22-17-20-13(9-25-17)10-5-2-1-3-6-10/h1-9H,(H2,20,21,22,23,24). The molecule has 0 aliphatic heterocycles. The number of hydrogen-bond acceptors (Lipinski definition) is 4. The maximum atomic E-state index is 13.5. The Labute approximate surface area is 145 Å². The number of amides is 3. The number of hydrogen-bond donors (Lipinski definition) is 2. The van der Waals surface area contributed by atoms with Crippen molar-refractivity contribution in [2.24, 2.45) is 0 Å². The van der Waals surface area contributed by atoms with E-state index in [2.05, 4.69) is 10.3 Å². The van der Waals surface area contributed by atoms with Crippen molar-refractivity contribution in [1.29, 1.82) is 0 Å². The highest BCUT2D eigenvalue weighted by Crippen LogP contribution is 2.24. The number of anilines is 1. The fourth-order valence-electron chi connectivity index (χ4n) is 2.08. The zero-order valence-corrected chi connectivity index (χ0v) is 13.4. The molecule has 0 bridgehead atoms. The minimum atomic E-state index is -1.17. The Bertz CT molecular complexity index is 908. The maximum Gasteiger partial charge on any atom is 0.327 e. The van der Waals surface area contributed by atoms with Gasteiger partial charge >= 0.3 is 6.03 Å². The third-order valence-electron chi connectivity index (χ3n) is 3.21. The second-order valence-corrected chi connectivity index (χ2v) is 5.77. The van der Waals surface area contributed by atoms with Gasteiger partial charge in [0, 0.05) is 10.9 Å². The topological polar surface area (TPSA) is 71.1 Å². The van der Waals surface area contributed by atoms with Gasteiger partial charge in [-0.05, 0) is 12.1 Å². The fraction of sp³-hybridized carbons (Fsp3) is 0. The van der Waals surface area contributed by atoms with Crippen LogP contribution in [-0.2, 0) is 0 Å². The predicted octanol–water partition coefficient (Wildman–Crippen LogP) is 4.05. The summed E-state index contributed by atoms with van der Waals surface area (Å²) in [5, 5.41) is 6.22. The molecule has 1 aromatic heterocycles. The highest BCUT2D eigenvalue weighted by atomic mass is 32.1. The average Bonchev–Trinajstić information content (AvgIpc) is 3.03. The molecule has 3 aromatic rings. The summed E-state index contributed by atoms with van der Waals surface area (Å²) in [5.74, 6) is -3.27. The normalized spacial score (nSPS) is 10.3. The molecule has 8 heteroatoms. The molecule has 1 heterocycles. The largest absolute Gasteiger partial charge is 0.327 e. The molecular weight excluding hydrogens is 348 g/mol. The highest BCUT2D eigenvalue weighted by molar-refractivity contribution is 7.14. The number of benzene rings is 2. The summed E-state index contributed by atoms with van der Waals surface area (Å²) in [5.41, 5.74) is 0.714. The van der Waals surface area contributed by atoms with Crippen LogP contribution in [0.2, 0.25) is 0 Å². The first-order chi connectivity index (χ1) is 12.0. The van der Waals surface area contributed by atoms with Gasteiger partial charge in [-0.25, -0.2) is 18.6 Å². The molecular formula is C17H11F2N3O2S. The van der Waals surface area contributed by atoms with Crippen molar-refractivity contribution in [2.75, 3.05) is 5.32 Å². The lowest BCUT2D eigenvalue weighted by atomic mass is 10.2.